The molecule has 3 N–H and O–H groups in total. The SMILES string of the molecule is CN(CC(N)=O)Cc1ccc(CC(=O)O)cc1. The molecule has 1 aromatic rings. The van der Waals surface area contributed by atoms with Crippen LogP contribution in [0.4, 0.5) is 0 Å². The highest BCUT2D eigenvalue weighted by Gasteiger charge is 2.04. The molecule has 0 aromatic heterocycles. The molecule has 0 heterocycles. The average Bonchev–Trinajstić information content (AvgIpc) is 2.18. The molecule has 92 valence electrons. The summed E-state index contributed by atoms with van der Waals surface area (Å²) in [6.07, 6.45) is 0.0252. The number of carbonyl (C=O) groups excluding carboxylic acids is 1. The van der Waals surface area contributed by atoms with Gasteiger partial charge in [-0.1, -0.05) is 24.3 Å². The van der Waals surface area contributed by atoms with Crippen LogP contribution in [0.5, 0.6) is 0 Å². The second kappa shape index (κ2) is 6.00. The van der Waals surface area contributed by atoms with Crippen LogP contribution < -0.4 is 5.73 Å². The summed E-state index contributed by atoms with van der Waals surface area (Å²) in [6, 6.07) is 7.27. The summed E-state index contributed by atoms with van der Waals surface area (Å²) >= 11 is 0. The zero-order valence-corrected chi connectivity index (χ0v) is 9.72. The van der Waals surface area contributed by atoms with Crippen LogP contribution in [0.1, 0.15) is 11.1 Å². The summed E-state index contributed by atoms with van der Waals surface area (Å²) in [5.74, 6) is -1.21. The molecule has 5 heteroatoms. The second-order valence-electron chi connectivity index (χ2n) is 4.03. The smallest absolute Gasteiger partial charge is 0.307 e. The maximum Gasteiger partial charge on any atom is 0.307 e. The normalized spacial score (nSPS) is 10.5. The van der Waals surface area contributed by atoms with E-state index in [1.165, 1.54) is 0 Å². The van der Waals surface area contributed by atoms with E-state index in [4.69, 9.17) is 10.8 Å². The van der Waals surface area contributed by atoms with Crippen LogP contribution in [0, 0.1) is 0 Å². The Morgan fingerprint density at radius 2 is 1.76 bits per heavy atom. The molecule has 0 atom stereocenters. The fourth-order valence-corrected chi connectivity index (χ4v) is 1.57. The molecule has 0 spiro atoms. The number of likely N-dealkylation sites (N-methyl/N-ethyl adjacent to an activating group) is 1. The van der Waals surface area contributed by atoms with Gasteiger partial charge < -0.3 is 10.8 Å². The van der Waals surface area contributed by atoms with E-state index in [1.807, 2.05) is 12.1 Å². The second-order valence-corrected chi connectivity index (χ2v) is 4.03. The van der Waals surface area contributed by atoms with Gasteiger partial charge in [0.05, 0.1) is 13.0 Å². The van der Waals surface area contributed by atoms with Crippen LogP contribution in [0.25, 0.3) is 0 Å². The quantitative estimate of drug-likeness (QED) is 0.740. The number of hydrogen-bond donors (Lipinski definition) is 2. The highest BCUT2D eigenvalue weighted by Crippen LogP contribution is 2.07. The van der Waals surface area contributed by atoms with Gasteiger partial charge in [-0.2, -0.15) is 0 Å². The third-order valence-corrected chi connectivity index (χ3v) is 2.26. The number of primary amides is 1. The number of carboxylic acid groups (broad SMARTS) is 1. The summed E-state index contributed by atoms with van der Waals surface area (Å²) in [6.45, 7) is 0.813. The van der Waals surface area contributed by atoms with E-state index in [0.717, 1.165) is 11.1 Å². The largest absolute Gasteiger partial charge is 0.481 e. The number of nitrogens with two attached hydrogens (primary N) is 1. The van der Waals surface area contributed by atoms with Crippen LogP contribution in [0.2, 0.25) is 0 Å². The number of hydrogen-bond acceptors (Lipinski definition) is 3. The Hall–Kier alpha value is -1.88. The maximum absolute atomic E-state index is 10.7. The molecule has 0 bridgehead atoms. The molecule has 17 heavy (non-hydrogen) atoms. The predicted molar refractivity (Wildman–Crippen MR) is 63.3 cm³/mol. The average molecular weight is 236 g/mol. The van der Waals surface area contributed by atoms with Crippen LogP contribution in [-0.4, -0.2) is 35.5 Å². The van der Waals surface area contributed by atoms with Crippen molar-refractivity contribution in [2.75, 3.05) is 13.6 Å². The van der Waals surface area contributed by atoms with Gasteiger partial charge in [-0.15, -0.1) is 0 Å². The van der Waals surface area contributed by atoms with Crippen LogP contribution >= 0.6 is 0 Å². The summed E-state index contributed by atoms with van der Waals surface area (Å²) in [7, 11) is 1.80. The number of benzene rings is 1. The zero-order valence-electron chi connectivity index (χ0n) is 9.72. The van der Waals surface area contributed by atoms with E-state index in [9.17, 15) is 9.59 Å². The van der Waals surface area contributed by atoms with Gasteiger partial charge in [-0.05, 0) is 18.2 Å². The molecule has 0 saturated heterocycles. The number of nitrogens with zero attached hydrogens (tertiary/aromatic N) is 1. The van der Waals surface area contributed by atoms with E-state index >= 15 is 0 Å². The summed E-state index contributed by atoms with van der Waals surface area (Å²) in [5.41, 5.74) is 6.86. The molecule has 0 saturated carbocycles. The molecule has 5 nitrogen and oxygen atoms in total. The number of carboxylic acids is 1. The van der Waals surface area contributed by atoms with Gasteiger partial charge in [0.15, 0.2) is 0 Å². The summed E-state index contributed by atoms with van der Waals surface area (Å²) in [5, 5.41) is 8.62. The minimum atomic E-state index is -0.844. The molecule has 0 unspecified atom stereocenters. The monoisotopic (exact) mass is 236 g/mol. The Labute approximate surface area is 99.8 Å². The van der Waals surface area contributed by atoms with E-state index in [-0.39, 0.29) is 18.9 Å². The van der Waals surface area contributed by atoms with Crippen molar-refractivity contribution in [1.29, 1.82) is 0 Å². The Bertz CT molecular complexity index is 401. The molecule has 1 aromatic carbocycles. The number of rotatable bonds is 6. The van der Waals surface area contributed by atoms with E-state index in [0.29, 0.717) is 6.54 Å². The topological polar surface area (TPSA) is 83.6 Å². The first-order chi connectivity index (χ1) is 7.97. The lowest BCUT2D eigenvalue weighted by molar-refractivity contribution is -0.136. The molecular weight excluding hydrogens is 220 g/mol. The molecule has 0 fully saturated rings. The van der Waals surface area contributed by atoms with Gasteiger partial charge in [0.2, 0.25) is 5.91 Å². The summed E-state index contributed by atoms with van der Waals surface area (Å²) < 4.78 is 0. The summed E-state index contributed by atoms with van der Waals surface area (Å²) in [4.78, 5) is 23.0. The first-order valence-corrected chi connectivity index (χ1v) is 5.24. The van der Waals surface area contributed by atoms with Gasteiger partial charge >= 0.3 is 5.97 Å². The Morgan fingerprint density at radius 1 is 1.24 bits per heavy atom. The molecular formula is C12H16N2O3. The molecule has 0 radical (unpaired) electrons. The fourth-order valence-electron chi connectivity index (χ4n) is 1.57. The van der Waals surface area contributed by atoms with Crippen molar-refractivity contribution in [3.63, 3.8) is 0 Å². The van der Waals surface area contributed by atoms with Crippen molar-refractivity contribution in [2.24, 2.45) is 5.73 Å². The third-order valence-electron chi connectivity index (χ3n) is 2.26. The van der Waals surface area contributed by atoms with Gasteiger partial charge in [0.25, 0.3) is 0 Å². The minimum Gasteiger partial charge on any atom is -0.481 e. The van der Waals surface area contributed by atoms with E-state index < -0.39 is 5.97 Å². The van der Waals surface area contributed by atoms with Crippen molar-refractivity contribution in [3.05, 3.63) is 35.4 Å². The number of aliphatic carboxylic acids is 1. The maximum atomic E-state index is 10.7. The molecule has 0 aliphatic rings. The van der Waals surface area contributed by atoms with Crippen molar-refractivity contribution >= 4 is 11.9 Å². The van der Waals surface area contributed by atoms with Crippen molar-refractivity contribution < 1.29 is 14.7 Å². The molecule has 1 rings (SSSR count). The standard InChI is InChI=1S/C12H16N2O3/c1-14(8-11(13)15)7-10-4-2-9(3-5-10)6-12(16)17/h2-5H,6-8H2,1H3,(H2,13,15)(H,16,17). The van der Waals surface area contributed by atoms with E-state index in [2.05, 4.69) is 0 Å². The lowest BCUT2D eigenvalue weighted by Crippen LogP contribution is -2.30. The number of carbonyl (C=O) groups is 2. The first kappa shape index (κ1) is 13.2. The molecule has 0 aliphatic heterocycles. The van der Waals surface area contributed by atoms with Gasteiger partial charge in [-0.25, -0.2) is 0 Å². The zero-order chi connectivity index (χ0) is 12.8. The highest BCUT2D eigenvalue weighted by atomic mass is 16.4. The third kappa shape index (κ3) is 5.12. The van der Waals surface area contributed by atoms with Crippen LogP contribution in [-0.2, 0) is 22.6 Å². The van der Waals surface area contributed by atoms with Gasteiger partial charge in [-0.3, -0.25) is 14.5 Å². The Balaban J connectivity index is 2.56. The van der Waals surface area contributed by atoms with Crippen molar-refractivity contribution in [1.82, 2.24) is 4.90 Å². The van der Waals surface area contributed by atoms with Gasteiger partial charge in [0.1, 0.15) is 0 Å². The highest BCUT2D eigenvalue weighted by molar-refractivity contribution is 5.75. The van der Waals surface area contributed by atoms with Crippen molar-refractivity contribution in [3.8, 4) is 0 Å². The van der Waals surface area contributed by atoms with E-state index in [1.54, 1.807) is 24.1 Å². The predicted octanol–water partition coefficient (Wildman–Crippen LogP) is 0.231. The fraction of sp³-hybridized carbons (Fsp3) is 0.333. The Kier molecular flexibility index (Phi) is 4.66. The number of amides is 1. The van der Waals surface area contributed by atoms with Gasteiger partial charge in [0, 0.05) is 6.54 Å². The lowest BCUT2D eigenvalue weighted by atomic mass is 10.1. The molecule has 0 aliphatic carbocycles. The van der Waals surface area contributed by atoms with Crippen LogP contribution in [0.3, 0.4) is 0 Å². The molecule has 1 amide bonds. The van der Waals surface area contributed by atoms with Crippen molar-refractivity contribution in [2.45, 2.75) is 13.0 Å². The minimum absolute atomic E-state index is 0.0252. The lowest BCUT2D eigenvalue weighted by Gasteiger charge is -2.14. The Morgan fingerprint density at radius 3 is 2.24 bits per heavy atom. The van der Waals surface area contributed by atoms with Crippen LogP contribution in [0.15, 0.2) is 24.3 Å². The first-order valence-electron chi connectivity index (χ1n) is 5.24.